The van der Waals surface area contributed by atoms with Crippen molar-refractivity contribution in [2.45, 2.75) is 458 Å². The molecule has 23 heteroatoms. The number of amides is 2. The van der Waals surface area contributed by atoms with Crippen LogP contribution in [0.3, 0.4) is 0 Å². The van der Waals surface area contributed by atoms with Gasteiger partial charge in [-0.15, -0.1) is 0 Å². The molecule has 18 unspecified atom stereocenters. The summed E-state index contributed by atoms with van der Waals surface area (Å²) >= 11 is 0. The van der Waals surface area contributed by atoms with Crippen LogP contribution in [-0.2, 0) is 42.8 Å². The minimum atomic E-state index is -3.08. The third-order valence-electron chi connectivity index (χ3n) is 21.3. The monoisotopic (exact) mass is 1460 g/mol. The van der Waals surface area contributed by atoms with Gasteiger partial charge < -0.3 is 100 Å². The van der Waals surface area contributed by atoms with Gasteiger partial charge in [0.25, 0.3) is 5.79 Å². The van der Waals surface area contributed by atoms with Crippen LogP contribution >= 0.6 is 0 Å². The van der Waals surface area contributed by atoms with Crippen molar-refractivity contribution in [2.75, 3.05) is 26.4 Å². The van der Waals surface area contributed by atoms with E-state index in [1.165, 1.54) is 250 Å². The predicted octanol–water partition coefficient (Wildman–Crippen LogP) is 11.2. The Morgan fingerprint density at radius 1 is 0.471 bits per heavy atom. The van der Waals surface area contributed by atoms with Crippen molar-refractivity contribution in [1.29, 1.82) is 0 Å². The normalized spacial score (nSPS) is 26.6. The predicted molar refractivity (Wildman–Crippen MR) is 394 cm³/mol. The lowest BCUT2D eigenvalue weighted by molar-refractivity contribution is -0.386. The van der Waals surface area contributed by atoms with Crippen LogP contribution in [0.1, 0.15) is 348 Å². The summed E-state index contributed by atoms with van der Waals surface area (Å²) in [6.45, 7) is 2.27. The van der Waals surface area contributed by atoms with Crippen molar-refractivity contribution in [3.05, 3.63) is 0 Å². The van der Waals surface area contributed by atoms with E-state index in [1.807, 2.05) is 0 Å². The van der Waals surface area contributed by atoms with Gasteiger partial charge in [-0.2, -0.15) is 0 Å². The number of aliphatic hydroxyl groups excluding tert-OH is 11. The van der Waals surface area contributed by atoms with Crippen LogP contribution in [-0.4, -0.2) is 215 Å². The second kappa shape index (κ2) is 58.7. The molecule has 0 saturated carbocycles. The van der Waals surface area contributed by atoms with Gasteiger partial charge in [0.1, 0.15) is 67.1 Å². The first-order valence-electron chi connectivity index (χ1n) is 41.4. The van der Waals surface area contributed by atoms with Crippen LogP contribution in [0.4, 0.5) is 0 Å². The van der Waals surface area contributed by atoms with Crippen LogP contribution in [0, 0.1) is 0 Å². The van der Waals surface area contributed by atoms with Crippen molar-refractivity contribution in [2.24, 2.45) is 0 Å². The van der Waals surface area contributed by atoms with Crippen LogP contribution in [0.15, 0.2) is 0 Å². The molecule has 0 spiro atoms. The molecule has 3 aliphatic heterocycles. The van der Waals surface area contributed by atoms with E-state index in [9.17, 15) is 75.7 Å². The fourth-order valence-corrected chi connectivity index (χ4v) is 14.8. The Balaban J connectivity index is 1.48. The van der Waals surface area contributed by atoms with Crippen molar-refractivity contribution in [3.8, 4) is 0 Å². The van der Waals surface area contributed by atoms with Crippen molar-refractivity contribution >= 4 is 17.8 Å². The Labute approximate surface area is 614 Å². The van der Waals surface area contributed by atoms with Gasteiger partial charge in [0.15, 0.2) is 12.6 Å². The van der Waals surface area contributed by atoms with Gasteiger partial charge in [0, 0.05) is 19.8 Å². The average Bonchev–Trinajstić information content (AvgIpc) is 0.755. The lowest BCUT2D eigenvalue weighted by Gasteiger charge is -2.50. The number of nitrogens with one attached hydrogen (secondary N) is 2. The molecule has 102 heavy (non-hydrogen) atoms. The number of aliphatic hydroxyl groups is 11. The molecule has 18 atom stereocenters. The van der Waals surface area contributed by atoms with Gasteiger partial charge in [-0.3, -0.25) is 9.59 Å². The molecule has 3 fully saturated rings. The highest BCUT2D eigenvalue weighted by atomic mass is 16.8. The zero-order chi connectivity index (χ0) is 74.6. The molecule has 3 aliphatic rings. The average molecular weight is 1460 g/mol. The molecule has 3 heterocycles. The summed E-state index contributed by atoms with van der Waals surface area (Å²) in [5.41, 5.74) is 0. The first kappa shape index (κ1) is 93.9. The third-order valence-corrected chi connectivity index (χ3v) is 21.3. The molecule has 0 radical (unpaired) electrons. The van der Waals surface area contributed by atoms with Gasteiger partial charge in [0.05, 0.1) is 50.7 Å². The highest BCUT2D eigenvalue weighted by molar-refractivity contribution is 5.77. The number of rotatable bonds is 66. The molecule has 3 rings (SSSR count). The third kappa shape index (κ3) is 38.7. The highest BCUT2D eigenvalue weighted by Gasteiger charge is 2.60. The maximum Gasteiger partial charge on any atom is 0.364 e. The summed E-state index contributed by atoms with van der Waals surface area (Å²) in [5, 5.41) is 137. The molecule has 602 valence electrons. The Hall–Kier alpha value is -2.27. The van der Waals surface area contributed by atoms with Crippen LogP contribution in [0.2, 0.25) is 0 Å². The molecule has 0 aliphatic carbocycles. The van der Waals surface area contributed by atoms with Gasteiger partial charge in [-0.05, 0) is 12.8 Å². The molecule has 14 N–H and O–H groups in total. The number of carbonyl (C=O) groups excluding carboxylic acids is 2. The fraction of sp³-hybridized carbons (Fsp3) is 0.962. The molecule has 2 amide bonds. The standard InChI is InChI=1S/C79H150N2O21/c1-4-6-8-10-12-14-16-18-20-22-24-25-26-27-28-29-30-31-32-33-35-37-39-41-43-45-47-49-51-53-66(89)81-60(61(86)52-50-48-46-44-42-40-38-36-34-23-21-19-17-15-13-11-9-7-5-2)58-97-76-71(93)70(92)73(65(57-84)99-76)100-77-72(94)75(69(91)64(56-83)98-77)102-79(78(95)96)54-62(87)67(80-59(3)85)74(101-79)68(90)63(88)55-82/h60-65,67-77,82-84,86-88,90-94H,4-58H2,1-3H3,(H,80,85)(H,81,89)(H,95,96). The van der Waals surface area contributed by atoms with Crippen molar-refractivity contribution < 1.29 is 104 Å². The number of hydrogen-bond acceptors (Lipinski definition) is 20. The second-order valence-electron chi connectivity index (χ2n) is 30.4. The van der Waals surface area contributed by atoms with Gasteiger partial charge in [-0.1, -0.05) is 316 Å². The number of aliphatic carboxylic acids is 1. The minimum Gasteiger partial charge on any atom is -0.477 e. The fourth-order valence-electron chi connectivity index (χ4n) is 14.8. The Bertz CT molecular complexity index is 2040. The Morgan fingerprint density at radius 3 is 1.23 bits per heavy atom. The molecule has 0 aromatic heterocycles. The largest absolute Gasteiger partial charge is 0.477 e. The van der Waals surface area contributed by atoms with Gasteiger partial charge >= 0.3 is 5.97 Å². The topological polar surface area (TPSA) is 373 Å². The van der Waals surface area contributed by atoms with E-state index in [-0.39, 0.29) is 18.9 Å². The Morgan fingerprint density at radius 2 is 0.853 bits per heavy atom. The summed E-state index contributed by atoms with van der Waals surface area (Å²) in [7, 11) is 0. The van der Waals surface area contributed by atoms with E-state index in [2.05, 4.69) is 24.5 Å². The number of carbonyl (C=O) groups is 3. The van der Waals surface area contributed by atoms with Crippen molar-refractivity contribution in [3.63, 3.8) is 0 Å². The lowest BCUT2D eigenvalue weighted by Crippen LogP contribution is -2.70. The van der Waals surface area contributed by atoms with E-state index >= 15 is 0 Å². The number of carboxylic acid groups (broad SMARTS) is 1. The zero-order valence-corrected chi connectivity index (χ0v) is 63.7. The van der Waals surface area contributed by atoms with Crippen LogP contribution < -0.4 is 10.6 Å². The highest BCUT2D eigenvalue weighted by Crippen LogP contribution is 2.39. The first-order chi connectivity index (χ1) is 49.4. The van der Waals surface area contributed by atoms with E-state index < -0.39 is 148 Å². The Kier molecular flexibility index (Phi) is 54.1. The number of hydrogen-bond donors (Lipinski definition) is 14. The van der Waals surface area contributed by atoms with Crippen LogP contribution in [0.25, 0.3) is 0 Å². The number of unbranched alkanes of at least 4 members (excludes halogenated alkanes) is 46. The SMILES string of the molecule is CCCCCCCCCCCCCCCCCCCCCCCCCCCCCCCC(=O)NC(COC1OC(CO)C(OC2OC(CO)C(O)C(OC3(C(=O)O)CC(O)C(NC(C)=O)C(C(O)C(O)CO)O3)C2O)C(O)C1O)C(O)CCCCCCCCCCCCCCCCCCCCC. The van der Waals surface area contributed by atoms with E-state index in [4.69, 9.17) is 28.4 Å². The smallest absolute Gasteiger partial charge is 0.364 e. The quantitative estimate of drug-likeness (QED) is 0.0252. The molecular formula is C79H150N2O21. The number of ether oxygens (including phenoxy) is 6. The van der Waals surface area contributed by atoms with Crippen molar-refractivity contribution in [1.82, 2.24) is 10.6 Å². The molecule has 23 nitrogen and oxygen atoms in total. The minimum absolute atomic E-state index is 0.230. The summed E-state index contributed by atoms with van der Waals surface area (Å²) in [4.78, 5) is 38.7. The van der Waals surface area contributed by atoms with E-state index in [1.54, 1.807) is 0 Å². The molecule has 3 saturated heterocycles. The summed E-state index contributed by atoms with van der Waals surface area (Å²) in [6, 6.07) is -2.53. The number of carboxylic acids is 1. The summed E-state index contributed by atoms with van der Waals surface area (Å²) < 4.78 is 35.0. The van der Waals surface area contributed by atoms with Gasteiger partial charge in [-0.25, -0.2) is 4.79 Å². The van der Waals surface area contributed by atoms with E-state index in [0.717, 1.165) is 51.9 Å². The first-order valence-corrected chi connectivity index (χ1v) is 41.4. The lowest BCUT2D eigenvalue weighted by atomic mass is 9.88. The molecular weight excluding hydrogens is 1310 g/mol. The maximum atomic E-state index is 13.6. The summed E-state index contributed by atoms with van der Waals surface area (Å²) in [5.74, 6) is -6.09. The van der Waals surface area contributed by atoms with E-state index in [0.29, 0.717) is 19.3 Å². The molecule has 0 aromatic carbocycles. The maximum absolute atomic E-state index is 13.6. The van der Waals surface area contributed by atoms with Crippen LogP contribution in [0.5, 0.6) is 0 Å². The van der Waals surface area contributed by atoms with Gasteiger partial charge in [0.2, 0.25) is 11.8 Å². The second-order valence-corrected chi connectivity index (χ2v) is 30.4. The molecule has 0 bridgehead atoms. The summed E-state index contributed by atoms with van der Waals surface area (Å²) in [6.07, 6.45) is 32.5. The molecule has 0 aromatic rings. The zero-order valence-electron chi connectivity index (χ0n) is 63.7.